The predicted molar refractivity (Wildman–Crippen MR) is 272 cm³/mol. The van der Waals surface area contributed by atoms with E-state index in [-0.39, 0.29) is 42.1 Å². The van der Waals surface area contributed by atoms with Crippen LogP contribution in [0.5, 0.6) is 0 Å². The summed E-state index contributed by atoms with van der Waals surface area (Å²) in [6, 6.07) is 53.4. The lowest BCUT2D eigenvalue weighted by Gasteiger charge is -2.31. The summed E-state index contributed by atoms with van der Waals surface area (Å²) < 4.78 is 32.4. The average molecular weight is 942 g/mol. The molecule has 8 aromatic rings. The number of aromatic nitrogens is 4. The maximum absolute atomic E-state index is 14.7. The van der Waals surface area contributed by atoms with Gasteiger partial charge < -0.3 is 15.1 Å². The van der Waals surface area contributed by atoms with Gasteiger partial charge in [0.05, 0.1) is 28.5 Å². The number of nitrogens with zero attached hydrogens (tertiary/aromatic N) is 7. The molecule has 10 rings (SSSR count). The number of benzene rings is 6. The molecule has 2 saturated heterocycles. The van der Waals surface area contributed by atoms with Gasteiger partial charge in [-0.05, 0) is 97.0 Å². The van der Waals surface area contributed by atoms with E-state index in [0.717, 1.165) is 85.3 Å². The van der Waals surface area contributed by atoms with Crippen LogP contribution in [0.4, 0.5) is 8.78 Å². The molecule has 9 nitrogen and oxygen atoms in total. The van der Waals surface area contributed by atoms with Crippen LogP contribution < -0.4 is 5.32 Å². The molecule has 0 spiro atoms. The second-order valence-electron chi connectivity index (χ2n) is 16.3. The minimum absolute atomic E-state index is 0. The third-order valence-corrected chi connectivity index (χ3v) is 11.7. The standard InChI is InChI=1S/C27H27FN4.C22H15FN2O.C5H12N2.2ClH/c1-30-15-17-31(18-16-30)20-23-19-27(25-9-5-6-10-26(25)28)32(29-23)24-13-11-22(12-14-24)21-7-3-2-4-8-21;23-21-9-5-4-8-20(21)22-14-18(15-26)24-25(22)19-12-10-17(11-13-19)16-6-2-1-3-7-16;1-7-4-2-6-3-5-7;;/h2-14,19H,15-18,20H2,1H3;1-15H;6H,2-5H2,1H3;2*1H. The van der Waals surface area contributed by atoms with Gasteiger partial charge >= 0.3 is 0 Å². The van der Waals surface area contributed by atoms with Crippen LogP contribution in [0.25, 0.3) is 56.1 Å². The van der Waals surface area contributed by atoms with Gasteiger partial charge in [-0.15, -0.1) is 24.8 Å². The van der Waals surface area contributed by atoms with Crippen molar-refractivity contribution < 1.29 is 13.6 Å². The van der Waals surface area contributed by atoms with Crippen molar-refractivity contribution in [3.8, 4) is 56.1 Å². The monoisotopic (exact) mass is 940 g/mol. The Morgan fingerprint density at radius 2 is 0.925 bits per heavy atom. The Morgan fingerprint density at radius 1 is 0.507 bits per heavy atom. The van der Waals surface area contributed by atoms with E-state index in [2.05, 4.69) is 75.6 Å². The fourth-order valence-electron chi connectivity index (χ4n) is 7.94. The van der Waals surface area contributed by atoms with E-state index in [1.807, 2.05) is 95.7 Å². The van der Waals surface area contributed by atoms with E-state index in [1.165, 1.54) is 30.8 Å². The van der Waals surface area contributed by atoms with Crippen LogP contribution in [-0.4, -0.2) is 107 Å². The van der Waals surface area contributed by atoms with E-state index in [9.17, 15) is 13.6 Å². The van der Waals surface area contributed by atoms with E-state index in [0.29, 0.717) is 23.1 Å². The zero-order valence-corrected chi connectivity index (χ0v) is 39.4. The first-order valence-electron chi connectivity index (χ1n) is 22.1. The summed E-state index contributed by atoms with van der Waals surface area (Å²) >= 11 is 0. The number of rotatable bonds is 9. The molecular formula is C54H56Cl2F2N8O. The fraction of sp³-hybridized carbons (Fsp3) is 0.204. The highest BCUT2D eigenvalue weighted by Gasteiger charge is 2.20. The molecule has 0 aliphatic carbocycles. The van der Waals surface area contributed by atoms with Crippen molar-refractivity contribution in [1.29, 1.82) is 0 Å². The second kappa shape index (κ2) is 24.5. The van der Waals surface area contributed by atoms with Crippen LogP contribution in [0.2, 0.25) is 0 Å². The van der Waals surface area contributed by atoms with Crippen molar-refractivity contribution in [2.75, 3.05) is 66.5 Å². The maximum Gasteiger partial charge on any atom is 0.170 e. The Morgan fingerprint density at radius 3 is 1.37 bits per heavy atom. The van der Waals surface area contributed by atoms with Crippen molar-refractivity contribution in [2.24, 2.45) is 0 Å². The molecule has 6 aromatic carbocycles. The number of carbonyl (C=O) groups is 1. The van der Waals surface area contributed by atoms with Gasteiger partial charge in [0.2, 0.25) is 0 Å². The quantitative estimate of drug-likeness (QED) is 0.145. The van der Waals surface area contributed by atoms with Gasteiger partial charge in [0.25, 0.3) is 0 Å². The molecule has 0 amide bonds. The Labute approximate surface area is 404 Å². The lowest BCUT2D eigenvalue weighted by atomic mass is 10.1. The molecule has 0 unspecified atom stereocenters. The highest BCUT2D eigenvalue weighted by atomic mass is 35.5. The molecule has 0 radical (unpaired) electrons. The summed E-state index contributed by atoms with van der Waals surface area (Å²) in [7, 11) is 4.31. The van der Waals surface area contributed by atoms with Gasteiger partial charge in [-0.3, -0.25) is 9.69 Å². The van der Waals surface area contributed by atoms with Crippen LogP contribution in [0.3, 0.4) is 0 Å². The summed E-state index contributed by atoms with van der Waals surface area (Å²) in [6.45, 7) is 9.66. The first-order valence-corrected chi connectivity index (χ1v) is 22.1. The number of piperazine rings is 2. The van der Waals surface area contributed by atoms with E-state index in [1.54, 1.807) is 35.0 Å². The molecule has 0 bridgehead atoms. The summed E-state index contributed by atoms with van der Waals surface area (Å²) in [6.07, 6.45) is 0.666. The van der Waals surface area contributed by atoms with E-state index >= 15 is 0 Å². The van der Waals surface area contributed by atoms with Gasteiger partial charge in [-0.25, -0.2) is 18.1 Å². The molecule has 0 saturated carbocycles. The highest BCUT2D eigenvalue weighted by Crippen LogP contribution is 2.30. The summed E-state index contributed by atoms with van der Waals surface area (Å²) in [4.78, 5) is 18.3. The number of nitrogens with one attached hydrogen (secondary N) is 1. The third kappa shape index (κ3) is 13.0. The third-order valence-electron chi connectivity index (χ3n) is 11.7. The van der Waals surface area contributed by atoms with Gasteiger partial charge in [-0.2, -0.15) is 10.2 Å². The highest BCUT2D eigenvalue weighted by molar-refractivity contribution is 5.85. The van der Waals surface area contributed by atoms with Crippen LogP contribution >= 0.6 is 24.8 Å². The second-order valence-corrected chi connectivity index (χ2v) is 16.3. The minimum atomic E-state index is -0.355. The summed E-state index contributed by atoms with van der Waals surface area (Å²) in [5.74, 6) is -0.590. The maximum atomic E-state index is 14.7. The van der Waals surface area contributed by atoms with Crippen LogP contribution in [0, 0.1) is 11.6 Å². The Hall–Kier alpha value is -6.31. The molecule has 0 atom stereocenters. The van der Waals surface area contributed by atoms with Gasteiger partial charge in [0.1, 0.15) is 17.3 Å². The number of halogens is 4. The lowest BCUT2D eigenvalue weighted by Crippen LogP contribution is -2.43. The molecule has 2 aliphatic heterocycles. The largest absolute Gasteiger partial charge is 0.314 e. The number of carbonyl (C=O) groups excluding carboxylic acids is 1. The molecule has 2 aliphatic rings. The van der Waals surface area contributed by atoms with Crippen LogP contribution in [0.15, 0.2) is 170 Å². The smallest absolute Gasteiger partial charge is 0.170 e. The van der Waals surface area contributed by atoms with Crippen molar-refractivity contribution in [3.63, 3.8) is 0 Å². The van der Waals surface area contributed by atoms with Crippen LogP contribution in [-0.2, 0) is 6.54 Å². The zero-order chi connectivity index (χ0) is 45.0. The summed E-state index contributed by atoms with van der Waals surface area (Å²) in [5, 5.41) is 12.5. The fourth-order valence-corrected chi connectivity index (χ4v) is 7.94. The van der Waals surface area contributed by atoms with Gasteiger partial charge in [-0.1, -0.05) is 109 Å². The molecule has 13 heteroatoms. The van der Waals surface area contributed by atoms with Crippen LogP contribution in [0.1, 0.15) is 16.2 Å². The average Bonchev–Trinajstić information content (AvgIpc) is 3.99. The van der Waals surface area contributed by atoms with E-state index < -0.39 is 0 Å². The minimum Gasteiger partial charge on any atom is -0.314 e. The van der Waals surface area contributed by atoms with Gasteiger partial charge in [0, 0.05) is 70.0 Å². The molecule has 346 valence electrons. The number of aldehydes is 1. The SMILES string of the molecule is CN1CCN(Cc2cc(-c3ccccc3F)n(-c3ccc(-c4ccccc4)cc3)n2)CC1.CN1CCNCC1.Cl.Cl.O=Cc1cc(-c2ccccc2F)n(-c2ccc(-c3ccccc3)cc2)n1. The summed E-state index contributed by atoms with van der Waals surface area (Å²) in [5.41, 5.74) is 9.69. The van der Waals surface area contributed by atoms with Crippen molar-refractivity contribution in [2.45, 2.75) is 6.54 Å². The lowest BCUT2D eigenvalue weighted by molar-refractivity contribution is 0.111. The van der Waals surface area contributed by atoms with Crippen molar-refractivity contribution in [3.05, 3.63) is 193 Å². The molecule has 2 fully saturated rings. The first kappa shape index (κ1) is 50.1. The molecule has 67 heavy (non-hydrogen) atoms. The molecule has 1 N–H and O–H groups in total. The number of hydrogen-bond acceptors (Lipinski definition) is 7. The number of likely N-dealkylation sites (N-methyl/N-ethyl adjacent to an activating group) is 2. The Kier molecular flexibility index (Phi) is 18.3. The topological polar surface area (TPSA) is 74.5 Å². The van der Waals surface area contributed by atoms with Gasteiger partial charge in [0.15, 0.2) is 6.29 Å². The molecular weight excluding hydrogens is 886 g/mol. The van der Waals surface area contributed by atoms with Crippen molar-refractivity contribution in [1.82, 2.24) is 39.6 Å². The number of hydrogen-bond donors (Lipinski definition) is 1. The Bertz CT molecular complexity index is 2750. The zero-order valence-electron chi connectivity index (χ0n) is 37.7. The molecule has 4 heterocycles. The first-order chi connectivity index (χ1) is 31.8. The Balaban J connectivity index is 0.000000191. The van der Waals surface area contributed by atoms with Crippen molar-refractivity contribution >= 4 is 31.1 Å². The van der Waals surface area contributed by atoms with E-state index in [4.69, 9.17) is 5.10 Å². The predicted octanol–water partition coefficient (Wildman–Crippen LogP) is 10.6. The molecule has 2 aromatic heterocycles. The normalized spacial score (nSPS) is 14.0.